The first kappa shape index (κ1) is 11.7. The molecule has 1 aliphatic heterocycles. The molecule has 96 valence electrons. The van der Waals surface area contributed by atoms with Crippen LogP contribution in [0.15, 0.2) is 12.2 Å². The van der Waals surface area contributed by atoms with Gasteiger partial charge in [-0.3, -0.25) is 0 Å². The minimum Gasteiger partial charge on any atom is -0.396 e. The van der Waals surface area contributed by atoms with Gasteiger partial charge in [0, 0.05) is 11.3 Å². The largest absolute Gasteiger partial charge is 0.396 e. The van der Waals surface area contributed by atoms with Crippen molar-refractivity contribution >= 4 is 0 Å². The lowest BCUT2D eigenvalue weighted by atomic mass is 9.60. The third kappa shape index (κ3) is 1.05. The molecule has 2 heteroatoms. The molecular weight excluding hydrogens is 212 g/mol. The minimum absolute atomic E-state index is 0.134. The Morgan fingerprint density at radius 2 is 2.12 bits per heavy atom. The van der Waals surface area contributed by atoms with E-state index in [4.69, 9.17) is 4.74 Å². The zero-order valence-corrected chi connectivity index (χ0v) is 11.3. The van der Waals surface area contributed by atoms with Crippen molar-refractivity contribution in [2.45, 2.75) is 45.6 Å². The maximum absolute atomic E-state index is 9.73. The Bertz CT molecular complexity index is 373. The van der Waals surface area contributed by atoms with Crippen LogP contribution in [-0.4, -0.2) is 23.9 Å². The average Bonchev–Trinajstić information content (AvgIpc) is 2.76. The second-order valence-electron chi connectivity index (χ2n) is 7.07. The molecule has 1 saturated heterocycles. The normalized spacial score (nSPS) is 51.6. The molecule has 0 amide bonds. The van der Waals surface area contributed by atoms with Gasteiger partial charge in [0.15, 0.2) is 0 Å². The first-order chi connectivity index (χ1) is 7.89. The number of aliphatic hydroxyl groups is 1. The van der Waals surface area contributed by atoms with Gasteiger partial charge in [-0.25, -0.2) is 0 Å². The topological polar surface area (TPSA) is 29.5 Å². The smallest absolute Gasteiger partial charge is 0.0835 e. The molecule has 2 bridgehead atoms. The van der Waals surface area contributed by atoms with Gasteiger partial charge in [0.25, 0.3) is 0 Å². The van der Waals surface area contributed by atoms with E-state index in [9.17, 15) is 5.11 Å². The summed E-state index contributed by atoms with van der Waals surface area (Å²) < 4.78 is 6.23. The quantitative estimate of drug-likeness (QED) is 0.709. The predicted octanol–water partition coefficient (Wildman–Crippen LogP) is 2.77. The van der Waals surface area contributed by atoms with Crippen LogP contribution >= 0.6 is 0 Å². The molecule has 1 spiro atoms. The van der Waals surface area contributed by atoms with Gasteiger partial charge in [-0.15, -0.1) is 0 Å². The summed E-state index contributed by atoms with van der Waals surface area (Å²) in [5, 5.41) is 9.73. The summed E-state index contributed by atoms with van der Waals surface area (Å²) >= 11 is 0. The summed E-state index contributed by atoms with van der Waals surface area (Å²) in [4.78, 5) is 0. The standard InChI is InChI=1S/C15H24O2/c1-10-9-17-15(12(10)8-16)7-11-5-6-14(15,4)13(11,2)3/h11-12,16H,1,5-9H2,2-4H3/t11-,12?,14-,15-/m1/s1. The van der Waals surface area contributed by atoms with E-state index in [2.05, 4.69) is 27.4 Å². The second kappa shape index (κ2) is 3.16. The highest BCUT2D eigenvalue weighted by Gasteiger charge is 2.73. The van der Waals surface area contributed by atoms with E-state index in [1.54, 1.807) is 0 Å². The molecule has 3 fully saturated rings. The van der Waals surface area contributed by atoms with Crippen LogP contribution < -0.4 is 0 Å². The molecular formula is C15H24O2. The van der Waals surface area contributed by atoms with Crippen molar-refractivity contribution in [3.8, 4) is 0 Å². The van der Waals surface area contributed by atoms with E-state index >= 15 is 0 Å². The first-order valence-corrected chi connectivity index (χ1v) is 6.81. The van der Waals surface area contributed by atoms with Crippen molar-refractivity contribution in [3.05, 3.63) is 12.2 Å². The second-order valence-corrected chi connectivity index (χ2v) is 7.07. The van der Waals surface area contributed by atoms with E-state index in [0.29, 0.717) is 12.0 Å². The molecule has 2 nitrogen and oxygen atoms in total. The minimum atomic E-state index is -0.134. The number of rotatable bonds is 1. The van der Waals surface area contributed by atoms with E-state index < -0.39 is 0 Å². The molecule has 3 aliphatic rings. The summed E-state index contributed by atoms with van der Waals surface area (Å²) in [5.74, 6) is 0.893. The molecule has 2 aliphatic carbocycles. The van der Waals surface area contributed by atoms with Crippen LogP contribution in [0.3, 0.4) is 0 Å². The summed E-state index contributed by atoms with van der Waals surface area (Å²) in [5.41, 5.74) is 1.48. The Labute approximate surface area is 104 Å². The third-order valence-corrected chi connectivity index (χ3v) is 6.67. The van der Waals surface area contributed by atoms with Gasteiger partial charge < -0.3 is 9.84 Å². The summed E-state index contributed by atoms with van der Waals surface area (Å²) in [6, 6.07) is 0. The van der Waals surface area contributed by atoms with Crippen molar-refractivity contribution in [1.29, 1.82) is 0 Å². The Balaban J connectivity index is 2.09. The van der Waals surface area contributed by atoms with Gasteiger partial charge in [-0.1, -0.05) is 27.4 Å². The number of fused-ring (bicyclic) bond motifs is 3. The maximum atomic E-state index is 9.73. The maximum Gasteiger partial charge on any atom is 0.0835 e. The van der Waals surface area contributed by atoms with Crippen LogP contribution in [0.2, 0.25) is 0 Å². The lowest BCUT2D eigenvalue weighted by Gasteiger charge is -2.48. The molecule has 1 heterocycles. The van der Waals surface area contributed by atoms with Crippen LogP contribution in [-0.2, 0) is 4.74 Å². The Hall–Kier alpha value is -0.340. The Kier molecular flexibility index (Phi) is 2.18. The predicted molar refractivity (Wildman–Crippen MR) is 67.6 cm³/mol. The Morgan fingerprint density at radius 1 is 1.41 bits per heavy atom. The first-order valence-electron chi connectivity index (χ1n) is 6.81. The number of hydrogen-bond donors (Lipinski definition) is 1. The Morgan fingerprint density at radius 3 is 2.59 bits per heavy atom. The summed E-state index contributed by atoms with van der Waals surface area (Å²) in [6.07, 6.45) is 3.66. The van der Waals surface area contributed by atoms with Gasteiger partial charge in [0.05, 0.1) is 18.8 Å². The van der Waals surface area contributed by atoms with Gasteiger partial charge in [-0.05, 0) is 36.2 Å². The highest BCUT2D eigenvalue weighted by molar-refractivity contribution is 5.28. The monoisotopic (exact) mass is 236 g/mol. The van der Waals surface area contributed by atoms with E-state index in [1.165, 1.54) is 12.8 Å². The van der Waals surface area contributed by atoms with Crippen molar-refractivity contribution < 1.29 is 9.84 Å². The van der Waals surface area contributed by atoms with Gasteiger partial charge in [-0.2, -0.15) is 0 Å². The highest BCUT2D eigenvalue weighted by atomic mass is 16.5. The van der Waals surface area contributed by atoms with Crippen molar-refractivity contribution in [2.24, 2.45) is 22.7 Å². The fraction of sp³-hybridized carbons (Fsp3) is 0.867. The van der Waals surface area contributed by atoms with Crippen LogP contribution in [0.4, 0.5) is 0 Å². The van der Waals surface area contributed by atoms with Gasteiger partial charge in [0.1, 0.15) is 0 Å². The van der Waals surface area contributed by atoms with Crippen molar-refractivity contribution in [3.63, 3.8) is 0 Å². The van der Waals surface area contributed by atoms with Crippen LogP contribution in [0, 0.1) is 22.7 Å². The molecule has 2 saturated carbocycles. The average molecular weight is 236 g/mol. The summed E-state index contributed by atoms with van der Waals surface area (Å²) in [6.45, 7) is 12.1. The molecule has 1 N–H and O–H groups in total. The third-order valence-electron chi connectivity index (χ3n) is 6.67. The number of aliphatic hydroxyl groups excluding tert-OH is 1. The number of hydrogen-bond acceptors (Lipinski definition) is 2. The van der Waals surface area contributed by atoms with Crippen LogP contribution in [0.1, 0.15) is 40.0 Å². The van der Waals surface area contributed by atoms with Crippen LogP contribution in [0.5, 0.6) is 0 Å². The lowest BCUT2D eigenvalue weighted by Crippen LogP contribution is -2.52. The SMILES string of the molecule is C=C1CO[C@]2(C[C@H]3CC[C@]2(C)C3(C)C)C1CO. The highest BCUT2D eigenvalue weighted by Crippen LogP contribution is 2.74. The molecule has 1 unspecified atom stereocenters. The molecule has 4 atom stereocenters. The van der Waals surface area contributed by atoms with E-state index in [1.807, 2.05) is 0 Å². The van der Waals surface area contributed by atoms with E-state index in [0.717, 1.165) is 17.9 Å². The molecule has 0 aromatic rings. The fourth-order valence-electron chi connectivity index (χ4n) is 5.08. The van der Waals surface area contributed by atoms with E-state index in [-0.39, 0.29) is 23.5 Å². The van der Waals surface area contributed by atoms with Crippen molar-refractivity contribution in [1.82, 2.24) is 0 Å². The van der Waals surface area contributed by atoms with Gasteiger partial charge >= 0.3 is 0 Å². The molecule has 0 aromatic heterocycles. The number of ether oxygens (including phenoxy) is 1. The molecule has 0 radical (unpaired) electrons. The fourth-order valence-corrected chi connectivity index (χ4v) is 5.08. The molecule has 0 aromatic carbocycles. The zero-order chi connectivity index (χ0) is 12.5. The molecule has 17 heavy (non-hydrogen) atoms. The van der Waals surface area contributed by atoms with Crippen LogP contribution in [0.25, 0.3) is 0 Å². The van der Waals surface area contributed by atoms with Gasteiger partial charge in [0.2, 0.25) is 0 Å². The van der Waals surface area contributed by atoms with Crippen molar-refractivity contribution in [2.75, 3.05) is 13.2 Å². The lowest BCUT2D eigenvalue weighted by molar-refractivity contribution is -0.133. The summed E-state index contributed by atoms with van der Waals surface area (Å²) in [7, 11) is 0. The molecule has 3 rings (SSSR count). The zero-order valence-electron chi connectivity index (χ0n) is 11.3.